The lowest BCUT2D eigenvalue weighted by atomic mass is 10.0. The van der Waals surface area contributed by atoms with Gasteiger partial charge in [-0.25, -0.2) is 0 Å². The first-order valence-corrected chi connectivity index (χ1v) is 10.1. The molecule has 1 saturated carbocycles. The van der Waals surface area contributed by atoms with Crippen LogP contribution in [-0.4, -0.2) is 24.9 Å². The minimum Gasteiger partial charge on any atom is -0.372 e. The summed E-state index contributed by atoms with van der Waals surface area (Å²) >= 11 is 0. The molecule has 2 aromatic carbocycles. The zero-order valence-electron chi connectivity index (χ0n) is 16.9. The van der Waals surface area contributed by atoms with E-state index in [1.165, 1.54) is 5.56 Å². The zero-order chi connectivity index (χ0) is 20.1. The van der Waals surface area contributed by atoms with E-state index in [4.69, 9.17) is 0 Å². The van der Waals surface area contributed by atoms with Crippen LogP contribution in [0.2, 0.25) is 0 Å². The van der Waals surface area contributed by atoms with Crippen molar-refractivity contribution >= 4 is 28.9 Å². The van der Waals surface area contributed by atoms with E-state index in [1.807, 2.05) is 48.5 Å². The Balaban J connectivity index is 1.63. The van der Waals surface area contributed by atoms with Crippen LogP contribution < -0.4 is 15.5 Å². The van der Waals surface area contributed by atoms with Gasteiger partial charge >= 0.3 is 0 Å². The zero-order valence-corrected chi connectivity index (χ0v) is 16.9. The first kappa shape index (κ1) is 19.9. The maximum absolute atomic E-state index is 12.8. The first-order chi connectivity index (χ1) is 13.5. The Morgan fingerprint density at radius 1 is 0.821 bits per heavy atom. The fraction of sp³-hybridized carbons (Fsp3) is 0.391. The lowest BCUT2D eigenvalue weighted by molar-refractivity contribution is -0.131. The molecule has 0 aliphatic heterocycles. The lowest BCUT2D eigenvalue weighted by Crippen LogP contribution is -2.35. The number of benzene rings is 2. The fourth-order valence-corrected chi connectivity index (χ4v) is 3.35. The third kappa shape index (κ3) is 4.19. The van der Waals surface area contributed by atoms with E-state index in [1.54, 1.807) is 0 Å². The van der Waals surface area contributed by atoms with Crippen molar-refractivity contribution in [2.45, 2.75) is 40.0 Å². The van der Waals surface area contributed by atoms with Crippen molar-refractivity contribution in [2.24, 2.45) is 5.41 Å². The van der Waals surface area contributed by atoms with Crippen molar-refractivity contribution in [2.75, 3.05) is 28.6 Å². The summed E-state index contributed by atoms with van der Waals surface area (Å²) in [6, 6.07) is 15.5. The second-order valence-electron chi connectivity index (χ2n) is 7.26. The number of aryl methyl sites for hydroxylation is 1. The Kier molecular flexibility index (Phi) is 6.02. The third-order valence-corrected chi connectivity index (χ3v) is 5.49. The summed E-state index contributed by atoms with van der Waals surface area (Å²) in [6.45, 7) is 8.19. The molecule has 28 heavy (non-hydrogen) atoms. The molecule has 0 saturated heterocycles. The molecular formula is C23H29N3O2. The molecule has 0 aromatic heterocycles. The van der Waals surface area contributed by atoms with Gasteiger partial charge in [-0.3, -0.25) is 9.59 Å². The van der Waals surface area contributed by atoms with Crippen LogP contribution in [0.15, 0.2) is 48.5 Å². The number of nitrogens with one attached hydrogen (secondary N) is 2. The van der Waals surface area contributed by atoms with E-state index in [0.29, 0.717) is 18.5 Å². The van der Waals surface area contributed by atoms with Crippen LogP contribution in [0.3, 0.4) is 0 Å². The summed E-state index contributed by atoms with van der Waals surface area (Å²) < 4.78 is 0. The summed E-state index contributed by atoms with van der Waals surface area (Å²) in [5.41, 5.74) is 2.82. The lowest BCUT2D eigenvalue weighted by Gasteiger charge is -2.21. The predicted molar refractivity (Wildman–Crippen MR) is 115 cm³/mol. The SMILES string of the molecule is CCc1ccc(NC(=O)C2(C(=O)Nc3ccc(N(CC)CC)cc3)CC2)cc1. The number of anilines is 3. The maximum Gasteiger partial charge on any atom is 0.240 e. The Hall–Kier alpha value is -2.82. The van der Waals surface area contributed by atoms with E-state index in [9.17, 15) is 9.59 Å². The fourth-order valence-electron chi connectivity index (χ4n) is 3.35. The molecule has 5 nitrogen and oxygen atoms in total. The smallest absolute Gasteiger partial charge is 0.240 e. The normalized spacial score (nSPS) is 14.2. The number of hydrogen-bond acceptors (Lipinski definition) is 3. The van der Waals surface area contributed by atoms with Crippen molar-refractivity contribution in [1.82, 2.24) is 0 Å². The summed E-state index contributed by atoms with van der Waals surface area (Å²) in [5.74, 6) is -0.459. The standard InChI is InChI=1S/C23H29N3O2/c1-4-17-7-9-18(10-8-17)24-21(27)23(15-16-23)22(28)25-19-11-13-20(14-12-19)26(5-2)6-3/h7-14H,4-6,15-16H2,1-3H3,(H,24,27)(H,25,28). The quantitative estimate of drug-likeness (QED) is 0.666. The number of hydrogen-bond donors (Lipinski definition) is 2. The van der Waals surface area contributed by atoms with E-state index >= 15 is 0 Å². The summed E-state index contributed by atoms with van der Waals surface area (Å²) in [4.78, 5) is 27.7. The molecule has 3 rings (SSSR count). The van der Waals surface area contributed by atoms with E-state index < -0.39 is 5.41 Å². The molecule has 148 valence electrons. The number of carbonyl (C=O) groups excluding carboxylic acids is 2. The van der Waals surface area contributed by atoms with Gasteiger partial charge < -0.3 is 15.5 Å². The Morgan fingerprint density at radius 2 is 1.29 bits per heavy atom. The number of carbonyl (C=O) groups is 2. The van der Waals surface area contributed by atoms with Crippen molar-refractivity contribution in [3.63, 3.8) is 0 Å². The topological polar surface area (TPSA) is 61.4 Å². The van der Waals surface area contributed by atoms with Crippen LogP contribution in [0.5, 0.6) is 0 Å². The van der Waals surface area contributed by atoms with Gasteiger partial charge in [-0.15, -0.1) is 0 Å². The van der Waals surface area contributed by atoms with Gasteiger partial charge in [-0.2, -0.15) is 0 Å². The molecule has 2 aromatic rings. The van der Waals surface area contributed by atoms with Crippen LogP contribution in [-0.2, 0) is 16.0 Å². The molecule has 1 aliphatic carbocycles. The van der Waals surface area contributed by atoms with Gasteiger partial charge in [0.1, 0.15) is 5.41 Å². The average molecular weight is 380 g/mol. The molecule has 2 N–H and O–H groups in total. The highest BCUT2D eigenvalue weighted by molar-refractivity contribution is 6.16. The maximum atomic E-state index is 12.8. The van der Waals surface area contributed by atoms with Gasteiger partial charge in [0, 0.05) is 30.2 Å². The molecule has 0 radical (unpaired) electrons. The van der Waals surface area contributed by atoms with E-state index in [2.05, 4.69) is 36.3 Å². The molecule has 1 aliphatic rings. The van der Waals surface area contributed by atoms with Gasteiger partial charge in [-0.05, 0) is 75.1 Å². The van der Waals surface area contributed by atoms with Crippen LogP contribution in [0.1, 0.15) is 39.2 Å². The molecule has 0 bridgehead atoms. The number of rotatable bonds is 8. The highest BCUT2D eigenvalue weighted by atomic mass is 16.2. The average Bonchev–Trinajstić information content (AvgIpc) is 3.53. The van der Waals surface area contributed by atoms with Gasteiger partial charge in [0.25, 0.3) is 0 Å². The van der Waals surface area contributed by atoms with Gasteiger partial charge in [0.05, 0.1) is 0 Å². The first-order valence-electron chi connectivity index (χ1n) is 10.1. The molecule has 2 amide bonds. The van der Waals surface area contributed by atoms with Crippen LogP contribution in [0.4, 0.5) is 17.1 Å². The minimum absolute atomic E-state index is 0.228. The van der Waals surface area contributed by atoms with Gasteiger partial charge in [0.15, 0.2) is 0 Å². The highest BCUT2D eigenvalue weighted by Gasteiger charge is 2.56. The van der Waals surface area contributed by atoms with Gasteiger partial charge in [0.2, 0.25) is 11.8 Å². The second kappa shape index (κ2) is 8.46. The van der Waals surface area contributed by atoms with Crippen molar-refractivity contribution in [1.29, 1.82) is 0 Å². The Bertz CT molecular complexity index is 820. The van der Waals surface area contributed by atoms with E-state index in [0.717, 1.165) is 30.9 Å². The second-order valence-corrected chi connectivity index (χ2v) is 7.26. The van der Waals surface area contributed by atoms with Crippen molar-refractivity contribution in [3.8, 4) is 0 Å². The van der Waals surface area contributed by atoms with E-state index in [-0.39, 0.29) is 11.8 Å². The largest absolute Gasteiger partial charge is 0.372 e. The van der Waals surface area contributed by atoms with Gasteiger partial charge in [-0.1, -0.05) is 19.1 Å². The summed E-state index contributed by atoms with van der Waals surface area (Å²) in [5, 5.41) is 5.81. The molecular weight excluding hydrogens is 350 g/mol. The molecule has 1 fully saturated rings. The van der Waals surface area contributed by atoms with Crippen molar-refractivity contribution < 1.29 is 9.59 Å². The number of nitrogens with zero attached hydrogens (tertiary/aromatic N) is 1. The minimum atomic E-state index is -0.957. The Morgan fingerprint density at radius 3 is 1.68 bits per heavy atom. The third-order valence-electron chi connectivity index (χ3n) is 5.49. The molecule has 0 spiro atoms. The van der Waals surface area contributed by atoms with Crippen LogP contribution in [0.25, 0.3) is 0 Å². The molecule has 5 heteroatoms. The predicted octanol–water partition coefficient (Wildman–Crippen LogP) is 4.45. The van der Waals surface area contributed by atoms with Crippen LogP contribution in [0, 0.1) is 5.41 Å². The molecule has 0 unspecified atom stereocenters. The monoisotopic (exact) mass is 379 g/mol. The summed E-state index contributed by atoms with van der Waals surface area (Å²) in [7, 11) is 0. The number of amides is 2. The highest BCUT2D eigenvalue weighted by Crippen LogP contribution is 2.47. The summed E-state index contributed by atoms with van der Waals surface area (Å²) in [6.07, 6.45) is 2.11. The van der Waals surface area contributed by atoms with Crippen LogP contribution >= 0.6 is 0 Å². The molecule has 0 atom stereocenters. The van der Waals surface area contributed by atoms with Crippen molar-refractivity contribution in [3.05, 3.63) is 54.1 Å². The molecule has 0 heterocycles. The Labute approximate surface area is 167 Å².